The van der Waals surface area contributed by atoms with Gasteiger partial charge in [0, 0.05) is 0 Å². The Morgan fingerprint density at radius 3 is 1.65 bits per heavy atom. The van der Waals surface area contributed by atoms with Gasteiger partial charge >= 0.3 is 330 Å². The number of aromatic nitrogens is 3. The molecule has 10 aromatic rings. The Hall–Kier alpha value is -5.93. The second-order valence-electron chi connectivity index (χ2n) is 13.3. The third kappa shape index (κ3) is 5.80. The van der Waals surface area contributed by atoms with E-state index in [1.54, 1.807) is 0 Å². The summed E-state index contributed by atoms with van der Waals surface area (Å²) in [5.41, 5.74) is 10.1. The van der Waals surface area contributed by atoms with Crippen LogP contribution in [0.5, 0.6) is 0 Å². The zero-order valence-corrected chi connectivity index (χ0v) is 32.4. The molecule has 3 nitrogen and oxygen atoms in total. The summed E-state index contributed by atoms with van der Waals surface area (Å²) in [5, 5.41) is 4.83. The van der Waals surface area contributed by atoms with Gasteiger partial charge in [-0.15, -0.1) is 0 Å². The van der Waals surface area contributed by atoms with E-state index in [2.05, 4.69) is 180 Å². The first-order valence-corrected chi connectivity index (χ1v) is 20.5. The molecule has 0 atom stereocenters. The van der Waals surface area contributed by atoms with Gasteiger partial charge in [-0.1, -0.05) is 0 Å². The first-order valence-electron chi connectivity index (χ1n) is 17.9. The average Bonchev–Trinajstić information content (AvgIpc) is 3.63. The second-order valence-corrected chi connectivity index (χ2v) is 16.4. The van der Waals surface area contributed by atoms with E-state index < -0.39 is 0 Å². The van der Waals surface area contributed by atoms with Crippen molar-refractivity contribution in [3.05, 3.63) is 182 Å². The Morgan fingerprint density at radius 2 is 0.852 bits per heavy atom. The summed E-state index contributed by atoms with van der Waals surface area (Å²) in [6.07, 6.45) is 0. The van der Waals surface area contributed by atoms with Crippen molar-refractivity contribution in [3.63, 3.8) is 0 Å². The van der Waals surface area contributed by atoms with Crippen LogP contribution in [0.1, 0.15) is 0 Å². The van der Waals surface area contributed by atoms with Gasteiger partial charge in [0.05, 0.1) is 0 Å². The molecule has 0 unspecified atom stereocenters. The Kier molecular flexibility index (Phi) is 8.36. The molecule has 0 amide bonds. The number of fused-ring (bicyclic) bond motifs is 4. The van der Waals surface area contributed by atoms with Crippen LogP contribution in [-0.4, -0.2) is 45.5 Å². The van der Waals surface area contributed by atoms with E-state index in [-0.39, 0.29) is 14.5 Å². The molecule has 1 radical (unpaired) electrons. The van der Waals surface area contributed by atoms with E-state index in [0.717, 1.165) is 43.1 Å². The van der Waals surface area contributed by atoms with E-state index in [4.69, 9.17) is 15.0 Å². The molecule has 8 aromatic carbocycles. The predicted octanol–water partition coefficient (Wildman–Crippen LogP) is 11.2. The molecule has 0 bridgehead atoms. The van der Waals surface area contributed by atoms with Gasteiger partial charge in [-0.3, -0.25) is 0 Å². The number of hydrogen-bond acceptors (Lipinski definition) is 3. The van der Waals surface area contributed by atoms with Crippen LogP contribution < -0.4 is 4.46 Å². The summed E-state index contributed by atoms with van der Waals surface area (Å²) >= 11 is 3.61. The molecule has 0 aliphatic carbocycles. The Balaban J connectivity index is 1.13. The normalized spacial score (nSPS) is 11.4. The minimum absolute atomic E-state index is 0.156. The molecular weight excluding hydrogens is 788 g/mol. The van der Waals surface area contributed by atoms with Gasteiger partial charge in [-0.25, -0.2) is 0 Å². The average molecular weight is 819 g/mol. The minimum atomic E-state index is 0.156. The SMILES string of the molecule is [Se]c1c(-c2cccc(-c3ccccc3)c2)cccc1-c1ccc(-c2nc(-c3ccccc3)nc(-c3cccc4c3[se]c3ccccc34)n2)c2ccccc12. The van der Waals surface area contributed by atoms with Gasteiger partial charge < -0.3 is 0 Å². The third-order valence-corrected chi connectivity index (χ3v) is 13.5. The van der Waals surface area contributed by atoms with Gasteiger partial charge in [0.2, 0.25) is 0 Å². The molecule has 0 N–H and O–H groups in total. The van der Waals surface area contributed by atoms with Crippen molar-refractivity contribution in [3.8, 4) is 67.5 Å². The van der Waals surface area contributed by atoms with Crippen LogP contribution in [0.2, 0.25) is 0 Å². The summed E-state index contributed by atoms with van der Waals surface area (Å²) < 4.78 is 3.84. The fourth-order valence-electron chi connectivity index (χ4n) is 7.46. The van der Waals surface area contributed by atoms with Gasteiger partial charge in [-0.2, -0.15) is 0 Å². The van der Waals surface area contributed by atoms with Gasteiger partial charge in [-0.05, 0) is 0 Å². The van der Waals surface area contributed by atoms with E-state index in [9.17, 15) is 0 Å². The standard InChI is InChI=1S/C49H30N3Se2/c53-45-35(34-19-11-18-33(30-34)31-14-3-1-4-15-31)23-12-24-40(45)38-28-29-42(37-21-8-7-20-36(37)38)48-50-47(32-16-5-2-6-17-32)51-49(52-48)43-26-13-25-41-39-22-9-10-27-44(39)54-46(41)43/h1-30H. The topological polar surface area (TPSA) is 38.7 Å². The third-order valence-electron chi connectivity index (χ3n) is 10.1. The molecule has 0 spiro atoms. The Labute approximate surface area is 327 Å². The van der Waals surface area contributed by atoms with Crippen LogP contribution in [0.4, 0.5) is 0 Å². The van der Waals surface area contributed by atoms with Gasteiger partial charge in [0.1, 0.15) is 0 Å². The summed E-state index contributed by atoms with van der Waals surface area (Å²) in [7, 11) is 0. The van der Waals surface area contributed by atoms with Crippen LogP contribution in [0.15, 0.2) is 182 Å². The van der Waals surface area contributed by atoms with Crippen LogP contribution in [-0.2, 0) is 0 Å². The quantitative estimate of drug-likeness (QED) is 0.157. The fraction of sp³-hybridized carbons (Fsp3) is 0. The maximum atomic E-state index is 5.28. The monoisotopic (exact) mass is 820 g/mol. The van der Waals surface area contributed by atoms with Crippen molar-refractivity contribution in [2.24, 2.45) is 0 Å². The molecule has 5 heteroatoms. The van der Waals surface area contributed by atoms with E-state index in [1.807, 2.05) is 18.2 Å². The molecule has 0 saturated carbocycles. The van der Waals surface area contributed by atoms with Crippen LogP contribution >= 0.6 is 0 Å². The molecule has 0 aliphatic heterocycles. The van der Waals surface area contributed by atoms with Gasteiger partial charge in [0.15, 0.2) is 0 Å². The molecule has 0 aliphatic rings. The van der Waals surface area contributed by atoms with Crippen molar-refractivity contribution in [2.75, 3.05) is 0 Å². The molecule has 2 aromatic heterocycles. The van der Waals surface area contributed by atoms with E-state index in [0.29, 0.717) is 17.5 Å². The van der Waals surface area contributed by atoms with Crippen molar-refractivity contribution >= 4 is 65.0 Å². The molecule has 54 heavy (non-hydrogen) atoms. The molecule has 0 fully saturated rings. The van der Waals surface area contributed by atoms with Crippen LogP contribution in [0.25, 0.3) is 97.6 Å². The number of hydrogen-bond donors (Lipinski definition) is 0. The molecule has 0 saturated heterocycles. The van der Waals surface area contributed by atoms with Crippen molar-refractivity contribution < 1.29 is 0 Å². The molecular formula is C49H30N3Se2. The first kappa shape index (κ1) is 32.7. The number of nitrogens with zero attached hydrogens (tertiary/aromatic N) is 3. The van der Waals surface area contributed by atoms with E-state index in [1.165, 1.54) is 41.5 Å². The van der Waals surface area contributed by atoms with Crippen LogP contribution in [0, 0.1) is 0 Å². The first-order chi connectivity index (χ1) is 26.7. The van der Waals surface area contributed by atoms with Crippen molar-refractivity contribution in [1.29, 1.82) is 0 Å². The summed E-state index contributed by atoms with van der Waals surface area (Å²) in [6, 6.07) is 64.4. The van der Waals surface area contributed by atoms with E-state index >= 15 is 0 Å². The van der Waals surface area contributed by atoms with Crippen molar-refractivity contribution in [1.82, 2.24) is 15.0 Å². The fourth-order valence-corrected chi connectivity index (χ4v) is 10.8. The number of rotatable bonds is 6. The summed E-state index contributed by atoms with van der Waals surface area (Å²) in [5.74, 6) is 2.03. The Morgan fingerprint density at radius 1 is 0.333 bits per heavy atom. The zero-order valence-electron chi connectivity index (χ0n) is 29.0. The molecule has 2 heterocycles. The molecule has 253 valence electrons. The van der Waals surface area contributed by atoms with Crippen molar-refractivity contribution in [2.45, 2.75) is 0 Å². The zero-order chi connectivity index (χ0) is 36.0. The van der Waals surface area contributed by atoms with Gasteiger partial charge in [0.25, 0.3) is 0 Å². The summed E-state index contributed by atoms with van der Waals surface area (Å²) in [6.45, 7) is 0. The predicted molar refractivity (Wildman–Crippen MR) is 227 cm³/mol. The summed E-state index contributed by atoms with van der Waals surface area (Å²) in [4.78, 5) is 15.6. The molecule has 10 rings (SSSR count). The second kappa shape index (κ2) is 13.8. The number of benzene rings is 8. The maximum absolute atomic E-state index is 5.28. The Bertz CT molecular complexity index is 3010. The van der Waals surface area contributed by atoms with Crippen LogP contribution in [0.3, 0.4) is 0 Å².